The molecule has 4 heteroatoms. The highest BCUT2D eigenvalue weighted by Crippen LogP contribution is 2.43. The van der Waals surface area contributed by atoms with Gasteiger partial charge in [0, 0.05) is 24.8 Å². The Morgan fingerprint density at radius 1 is 0.818 bits per heavy atom. The lowest BCUT2D eigenvalue weighted by Gasteiger charge is -2.30. The van der Waals surface area contributed by atoms with Crippen LogP contribution in [0, 0.1) is 17.5 Å². The van der Waals surface area contributed by atoms with Gasteiger partial charge < -0.3 is 4.74 Å². The number of hydrogen-bond donors (Lipinski definition) is 0. The van der Waals surface area contributed by atoms with Gasteiger partial charge in [-0.05, 0) is 136 Å². The summed E-state index contributed by atoms with van der Waals surface area (Å²) in [4.78, 5) is 0. The summed E-state index contributed by atoms with van der Waals surface area (Å²) >= 11 is 0. The summed E-state index contributed by atoms with van der Waals surface area (Å²) < 4.78 is 51.0. The molecule has 0 spiro atoms. The van der Waals surface area contributed by atoms with Crippen LogP contribution in [0.3, 0.4) is 0 Å². The van der Waals surface area contributed by atoms with E-state index in [0.29, 0.717) is 11.8 Å². The highest BCUT2D eigenvalue weighted by Gasteiger charge is 2.28. The zero-order chi connectivity index (χ0) is 31.5. The SMILES string of the molecule is C=C(C)CCCC(CCCOC)c1ccc(C2CCC(c3c(F)cc(-c4ccc(CCCCC)cc4F)cc3F)CC2)cc1. The van der Waals surface area contributed by atoms with Crippen LogP contribution in [-0.4, -0.2) is 13.7 Å². The van der Waals surface area contributed by atoms with E-state index < -0.39 is 17.5 Å². The highest BCUT2D eigenvalue weighted by molar-refractivity contribution is 5.65. The fourth-order valence-corrected chi connectivity index (χ4v) is 7.01. The first kappa shape index (κ1) is 34.0. The molecule has 3 aromatic rings. The van der Waals surface area contributed by atoms with Crippen molar-refractivity contribution in [3.05, 3.63) is 106 Å². The minimum Gasteiger partial charge on any atom is -0.385 e. The van der Waals surface area contributed by atoms with Crippen LogP contribution in [0.25, 0.3) is 11.1 Å². The van der Waals surface area contributed by atoms with Crippen LogP contribution in [0.15, 0.2) is 66.7 Å². The summed E-state index contributed by atoms with van der Waals surface area (Å²) in [6.07, 6.45) is 12.8. The maximum absolute atomic E-state index is 15.4. The van der Waals surface area contributed by atoms with Gasteiger partial charge in [-0.25, -0.2) is 13.2 Å². The fraction of sp³-hybridized carbons (Fsp3) is 0.500. The van der Waals surface area contributed by atoms with Gasteiger partial charge in [0.2, 0.25) is 0 Å². The van der Waals surface area contributed by atoms with Crippen molar-refractivity contribution < 1.29 is 17.9 Å². The smallest absolute Gasteiger partial charge is 0.131 e. The summed E-state index contributed by atoms with van der Waals surface area (Å²) in [7, 11) is 1.76. The van der Waals surface area contributed by atoms with Crippen molar-refractivity contribution in [1.82, 2.24) is 0 Å². The van der Waals surface area contributed by atoms with Crippen molar-refractivity contribution in [2.45, 2.75) is 115 Å². The van der Waals surface area contributed by atoms with E-state index in [4.69, 9.17) is 4.74 Å². The summed E-state index contributed by atoms with van der Waals surface area (Å²) in [6, 6.07) is 16.8. The molecule has 0 aromatic heterocycles. The Morgan fingerprint density at radius 2 is 1.48 bits per heavy atom. The topological polar surface area (TPSA) is 9.23 Å². The minimum atomic E-state index is -0.564. The van der Waals surface area contributed by atoms with E-state index >= 15 is 8.78 Å². The van der Waals surface area contributed by atoms with Gasteiger partial charge in [0.1, 0.15) is 17.5 Å². The summed E-state index contributed by atoms with van der Waals surface area (Å²) in [5, 5.41) is 0. The Balaban J connectivity index is 1.38. The molecule has 0 amide bonds. The maximum atomic E-state index is 15.4. The van der Waals surface area contributed by atoms with Gasteiger partial charge in [0.25, 0.3) is 0 Å². The van der Waals surface area contributed by atoms with Gasteiger partial charge in [0.15, 0.2) is 0 Å². The fourth-order valence-electron chi connectivity index (χ4n) is 7.01. The van der Waals surface area contributed by atoms with Crippen molar-refractivity contribution in [1.29, 1.82) is 0 Å². The molecule has 0 heterocycles. The van der Waals surface area contributed by atoms with E-state index in [1.54, 1.807) is 13.2 Å². The molecule has 1 saturated carbocycles. The number of halogens is 3. The van der Waals surface area contributed by atoms with Crippen molar-refractivity contribution in [2.24, 2.45) is 0 Å². The molecule has 0 saturated heterocycles. The van der Waals surface area contributed by atoms with Gasteiger partial charge in [-0.3, -0.25) is 0 Å². The average Bonchev–Trinajstić information content (AvgIpc) is 3.00. The monoisotopic (exact) mass is 604 g/mol. The van der Waals surface area contributed by atoms with Crippen LogP contribution in [0.4, 0.5) is 13.2 Å². The van der Waals surface area contributed by atoms with Gasteiger partial charge >= 0.3 is 0 Å². The largest absolute Gasteiger partial charge is 0.385 e. The average molecular weight is 605 g/mol. The van der Waals surface area contributed by atoms with Crippen LogP contribution in [-0.2, 0) is 11.2 Å². The van der Waals surface area contributed by atoms with Gasteiger partial charge in [-0.15, -0.1) is 6.58 Å². The molecule has 1 aliphatic rings. The lowest BCUT2D eigenvalue weighted by atomic mass is 9.75. The standard InChI is InChI=1S/C40H51F3O/c1-5-6-7-11-29-14-23-36(37(41)25-29)35-26-38(42)40(39(43)27-35)34-21-19-33(20-22-34)32-17-15-31(16-18-32)30(13-9-24-44-4)12-8-10-28(2)3/h14-18,23,25-27,30,33-34H,2,5-13,19-22,24H2,1,3-4H3. The molecule has 1 atom stereocenters. The first-order valence-corrected chi connectivity index (χ1v) is 16.8. The second-order valence-electron chi connectivity index (χ2n) is 13.0. The lowest BCUT2D eigenvalue weighted by molar-refractivity contribution is 0.190. The lowest BCUT2D eigenvalue weighted by Crippen LogP contribution is -2.15. The molecular formula is C40H51F3O. The number of methoxy groups -OCH3 is 1. The van der Waals surface area contributed by atoms with E-state index in [1.165, 1.54) is 34.9 Å². The predicted octanol–water partition coefficient (Wildman–Crippen LogP) is 12.2. The van der Waals surface area contributed by atoms with E-state index in [1.807, 2.05) is 6.07 Å². The molecular weight excluding hydrogens is 553 g/mol. The Hall–Kier alpha value is -2.85. The normalized spacial score (nSPS) is 17.5. The Labute approximate surface area is 263 Å². The van der Waals surface area contributed by atoms with Crippen LogP contribution in [0.5, 0.6) is 0 Å². The number of rotatable bonds is 16. The molecule has 44 heavy (non-hydrogen) atoms. The minimum absolute atomic E-state index is 0.160. The molecule has 0 radical (unpaired) electrons. The first-order chi connectivity index (χ1) is 21.3. The molecule has 1 fully saturated rings. The quantitative estimate of drug-likeness (QED) is 0.117. The third kappa shape index (κ3) is 9.33. The third-order valence-electron chi connectivity index (χ3n) is 9.56. The maximum Gasteiger partial charge on any atom is 0.131 e. The van der Waals surface area contributed by atoms with Crippen LogP contribution in [0.2, 0.25) is 0 Å². The van der Waals surface area contributed by atoms with Crippen molar-refractivity contribution >= 4 is 0 Å². The summed E-state index contributed by atoms with van der Waals surface area (Å²) in [6.45, 7) is 9.07. The number of ether oxygens (including phenoxy) is 1. The second-order valence-corrected chi connectivity index (χ2v) is 13.0. The van der Waals surface area contributed by atoms with Gasteiger partial charge in [0.05, 0.1) is 0 Å². The van der Waals surface area contributed by atoms with Crippen LogP contribution in [0.1, 0.15) is 131 Å². The zero-order valence-electron chi connectivity index (χ0n) is 27.1. The van der Waals surface area contributed by atoms with E-state index in [-0.39, 0.29) is 22.6 Å². The van der Waals surface area contributed by atoms with Crippen molar-refractivity contribution in [2.75, 3.05) is 13.7 Å². The molecule has 1 nitrogen and oxygen atoms in total. The molecule has 0 aliphatic heterocycles. The van der Waals surface area contributed by atoms with E-state index in [2.05, 4.69) is 44.7 Å². The van der Waals surface area contributed by atoms with Gasteiger partial charge in [-0.1, -0.05) is 61.7 Å². The highest BCUT2D eigenvalue weighted by atomic mass is 19.1. The molecule has 1 aliphatic carbocycles. The first-order valence-electron chi connectivity index (χ1n) is 16.8. The van der Waals surface area contributed by atoms with Crippen LogP contribution < -0.4 is 0 Å². The molecule has 238 valence electrons. The second kappa shape index (κ2) is 17.0. The van der Waals surface area contributed by atoms with Crippen LogP contribution >= 0.6 is 0 Å². The molecule has 3 aromatic carbocycles. The van der Waals surface area contributed by atoms with Crippen molar-refractivity contribution in [3.8, 4) is 11.1 Å². The van der Waals surface area contributed by atoms with Crippen molar-refractivity contribution in [3.63, 3.8) is 0 Å². The molecule has 0 N–H and O–H groups in total. The Kier molecular flexibility index (Phi) is 13.2. The molecule has 4 rings (SSSR count). The van der Waals surface area contributed by atoms with E-state index in [9.17, 15) is 4.39 Å². The number of hydrogen-bond acceptors (Lipinski definition) is 1. The Bertz CT molecular complexity index is 1310. The summed E-state index contributed by atoms with van der Waals surface area (Å²) in [5.74, 6) is -0.809. The molecule has 1 unspecified atom stereocenters. The Morgan fingerprint density at radius 3 is 2.09 bits per heavy atom. The third-order valence-corrected chi connectivity index (χ3v) is 9.56. The predicted molar refractivity (Wildman–Crippen MR) is 178 cm³/mol. The zero-order valence-corrected chi connectivity index (χ0v) is 27.1. The number of aryl methyl sites for hydroxylation is 1. The number of benzene rings is 3. The number of allylic oxidation sites excluding steroid dienone is 1. The summed E-state index contributed by atoms with van der Waals surface area (Å²) in [5.41, 5.74) is 5.52. The van der Waals surface area contributed by atoms with Gasteiger partial charge in [-0.2, -0.15) is 0 Å². The molecule has 0 bridgehead atoms. The number of unbranched alkanes of at least 4 members (excludes halogenated alkanes) is 2. The van der Waals surface area contributed by atoms with E-state index in [0.717, 1.165) is 95.6 Å².